The Hall–Kier alpha value is -0.510. The molecule has 1 heterocycles. The molecule has 1 saturated heterocycles. The van der Waals surface area contributed by atoms with E-state index in [-0.39, 0.29) is 47.8 Å². The molecule has 1 aliphatic carbocycles. The molecule has 2 rings (SSSR count). The number of hydrogen-bond acceptors (Lipinski definition) is 7. The number of nitrogens with zero attached hydrogens (tertiary/aromatic N) is 1. The normalized spacial score (nSPS) is 26.6. The molecule has 11 heteroatoms. The van der Waals surface area contributed by atoms with Crippen LogP contribution >= 0.6 is 18.5 Å². The van der Waals surface area contributed by atoms with Gasteiger partial charge in [-0.2, -0.15) is 0 Å². The van der Waals surface area contributed by atoms with E-state index in [9.17, 15) is 19.3 Å². The predicted octanol–water partition coefficient (Wildman–Crippen LogP) is 2.58. The summed E-state index contributed by atoms with van der Waals surface area (Å²) in [5.41, 5.74) is 0. The third kappa shape index (κ3) is 9.48. The maximum absolute atomic E-state index is 12.7. The average molecular weight is 497 g/mol. The summed E-state index contributed by atoms with van der Waals surface area (Å²) >= 11 is 6.13. The van der Waals surface area contributed by atoms with E-state index in [1.54, 1.807) is 11.8 Å². The van der Waals surface area contributed by atoms with Crippen molar-refractivity contribution in [2.45, 2.75) is 70.0 Å². The second kappa shape index (κ2) is 13.3. The maximum Gasteiger partial charge on any atom is 0.321 e. The van der Waals surface area contributed by atoms with Gasteiger partial charge in [-0.3, -0.25) is 19.3 Å². The van der Waals surface area contributed by atoms with Crippen LogP contribution in [0.2, 0.25) is 0 Å². The van der Waals surface area contributed by atoms with Gasteiger partial charge in [0.2, 0.25) is 19.2 Å². The zero-order chi connectivity index (χ0) is 23.6. The molecule has 8 nitrogen and oxygen atoms in total. The molecule has 0 spiro atoms. The van der Waals surface area contributed by atoms with Crippen molar-refractivity contribution in [2.24, 2.45) is 11.8 Å². The highest BCUT2D eigenvalue weighted by molar-refractivity contribution is 8.06. The third-order valence-electron chi connectivity index (χ3n) is 5.82. The molecule has 3 N–H and O–H groups in total. The lowest BCUT2D eigenvalue weighted by molar-refractivity contribution is -0.139. The van der Waals surface area contributed by atoms with E-state index in [0.29, 0.717) is 19.5 Å². The van der Waals surface area contributed by atoms with Crippen LogP contribution in [-0.4, -0.2) is 64.5 Å². The lowest BCUT2D eigenvalue weighted by atomic mass is 9.81. The Morgan fingerprint density at radius 3 is 2.68 bits per heavy atom. The lowest BCUT2D eigenvalue weighted by Gasteiger charge is -2.30. The molecule has 3 amide bonds. The summed E-state index contributed by atoms with van der Waals surface area (Å²) < 4.78 is 11.6. The van der Waals surface area contributed by atoms with Crippen molar-refractivity contribution in [3.8, 4) is 0 Å². The zero-order valence-electron chi connectivity index (χ0n) is 19.1. The summed E-state index contributed by atoms with van der Waals surface area (Å²) in [7, 11) is 0. The Bertz CT molecular complexity index is 693. The molecule has 178 valence electrons. The van der Waals surface area contributed by atoms with Gasteiger partial charge in [-0.15, -0.1) is 11.8 Å². The van der Waals surface area contributed by atoms with Gasteiger partial charge in [0, 0.05) is 25.4 Å². The largest absolute Gasteiger partial charge is 0.356 e. The predicted molar refractivity (Wildman–Crippen MR) is 125 cm³/mol. The molecule has 0 radical (unpaired) electrons. The number of imide groups is 1. The summed E-state index contributed by atoms with van der Waals surface area (Å²) in [6.07, 6.45) is 7.13. The van der Waals surface area contributed by atoms with Crippen LogP contribution in [0.25, 0.3) is 0 Å². The Morgan fingerprint density at radius 1 is 1.29 bits per heavy atom. The number of rotatable bonds is 14. The minimum Gasteiger partial charge on any atom is -0.356 e. The van der Waals surface area contributed by atoms with Gasteiger partial charge in [-0.1, -0.05) is 12.8 Å². The van der Waals surface area contributed by atoms with Crippen molar-refractivity contribution in [1.82, 2.24) is 10.2 Å². The number of unbranched alkanes of at least 4 members (excludes halogenated alkanes) is 3. The van der Waals surface area contributed by atoms with Crippen molar-refractivity contribution < 1.29 is 28.7 Å². The summed E-state index contributed by atoms with van der Waals surface area (Å²) in [6, 6.07) is 0. The number of thioether (sulfide) groups is 1. The fraction of sp³-hybridized carbons (Fsp3) is 0.850. The van der Waals surface area contributed by atoms with Gasteiger partial charge in [0.1, 0.15) is 0 Å². The lowest BCUT2D eigenvalue weighted by Crippen LogP contribution is -2.38. The van der Waals surface area contributed by atoms with Crippen LogP contribution < -0.4 is 5.32 Å². The van der Waals surface area contributed by atoms with E-state index >= 15 is 0 Å². The van der Waals surface area contributed by atoms with Gasteiger partial charge < -0.3 is 19.6 Å². The summed E-state index contributed by atoms with van der Waals surface area (Å²) in [5.74, 6) is 1.13. The number of likely N-dealkylation sites (tertiary alicyclic amines) is 1. The smallest absolute Gasteiger partial charge is 0.321 e. The third-order valence-corrected chi connectivity index (χ3v) is 7.94. The molecule has 2 unspecified atom stereocenters. The van der Waals surface area contributed by atoms with Crippen LogP contribution in [0, 0.1) is 11.8 Å². The van der Waals surface area contributed by atoms with Crippen molar-refractivity contribution in [3.63, 3.8) is 0 Å². The molecule has 1 saturated carbocycles. The summed E-state index contributed by atoms with van der Waals surface area (Å²) in [6.45, 7) is -0.0846. The van der Waals surface area contributed by atoms with Crippen LogP contribution in [0.5, 0.6) is 0 Å². The highest BCUT2D eigenvalue weighted by Crippen LogP contribution is 2.36. The Labute approximate surface area is 195 Å². The Kier molecular flexibility index (Phi) is 10.7. The molecule has 0 aromatic rings. The van der Waals surface area contributed by atoms with E-state index in [4.69, 9.17) is 5.95 Å². The first kappa shape index (κ1) is 25.1. The first-order valence-electron chi connectivity index (χ1n) is 11.5. The first-order valence-corrected chi connectivity index (χ1v) is 14.8. The van der Waals surface area contributed by atoms with Gasteiger partial charge in [0.25, 0.3) is 0 Å². The topological polar surface area (TPSA) is 116 Å². The number of carbonyl (C=O) groups excluding carboxylic acids is 3. The van der Waals surface area contributed by atoms with Gasteiger partial charge in [0.05, 0.1) is 11.9 Å². The zero-order valence-corrected chi connectivity index (χ0v) is 20.7. The molecule has 2 fully saturated rings. The molecule has 0 bridgehead atoms. The van der Waals surface area contributed by atoms with E-state index < -0.39 is 6.72 Å². The van der Waals surface area contributed by atoms with Crippen molar-refractivity contribution in [3.05, 3.63) is 0 Å². The van der Waals surface area contributed by atoms with Crippen molar-refractivity contribution in [1.29, 1.82) is 1.43 Å². The van der Waals surface area contributed by atoms with E-state index in [1.165, 1.54) is 4.90 Å². The van der Waals surface area contributed by atoms with Crippen molar-refractivity contribution >= 4 is 48.0 Å². The number of carbonyl (C=O) groups is 3. The van der Waals surface area contributed by atoms with Crippen LogP contribution in [0.1, 0.15) is 64.7 Å². The number of amides is 3. The highest BCUT2D eigenvalue weighted by Gasteiger charge is 2.40. The van der Waals surface area contributed by atoms with Gasteiger partial charge in [-0.25, -0.2) is 0 Å². The van der Waals surface area contributed by atoms with Gasteiger partial charge >= 0.3 is 6.72 Å². The second-order valence-electron chi connectivity index (χ2n) is 8.23. The highest BCUT2D eigenvalue weighted by atomic mass is 32.5. The standard InChI is InChI=1S/C20H35N2O6PS2/c1-2-21-19(24)16-9-7-15(8-10-16)14-22-18(23)13-17(20(22)25)31-12-6-4-3-5-11-28-29(26,27)30/h15-17H,2-14H2,1H3,(H,21,24)(H2,26,27,30)/i/hT. The minimum absolute atomic E-state index is 0.0568. The average Bonchev–Trinajstić information content (AvgIpc) is 3.03. The van der Waals surface area contributed by atoms with Crippen LogP contribution in [0.3, 0.4) is 0 Å². The summed E-state index contributed by atoms with van der Waals surface area (Å²) in [5, 5.41) is 2.59. The van der Waals surface area contributed by atoms with Crippen molar-refractivity contribution in [2.75, 3.05) is 25.4 Å². The Morgan fingerprint density at radius 2 is 2.00 bits per heavy atom. The molecule has 2 atom stereocenters. The fourth-order valence-corrected chi connectivity index (χ4v) is 5.89. The molecule has 31 heavy (non-hydrogen) atoms. The van der Waals surface area contributed by atoms with E-state index in [1.807, 2.05) is 6.92 Å². The van der Waals surface area contributed by atoms with Gasteiger partial charge in [-0.05, 0) is 68.9 Å². The Balaban J connectivity index is 1.61. The quantitative estimate of drug-likeness (QED) is 0.191. The number of nitrogens with one attached hydrogen (secondary N) is 1. The van der Waals surface area contributed by atoms with Crippen LogP contribution in [0.15, 0.2) is 0 Å². The van der Waals surface area contributed by atoms with Crippen LogP contribution in [0.4, 0.5) is 0 Å². The molecule has 0 aromatic carbocycles. The van der Waals surface area contributed by atoms with Crippen LogP contribution in [-0.2, 0) is 30.7 Å². The fourth-order valence-electron chi connectivity index (χ4n) is 4.12. The molecule has 0 aromatic heterocycles. The minimum atomic E-state index is -3.39. The molecular formula is C20H35N2O6PS2. The molecule has 1 aliphatic heterocycles. The van der Waals surface area contributed by atoms with E-state index in [2.05, 4.69) is 22.0 Å². The monoisotopic (exact) mass is 496 g/mol. The molecule has 2 aliphatic rings. The summed E-state index contributed by atoms with van der Waals surface area (Å²) in [4.78, 5) is 51.8. The van der Waals surface area contributed by atoms with E-state index in [0.717, 1.165) is 50.7 Å². The SMILES string of the molecule is [3H]OP(O)(=S)OCCCCCCSC1CC(=O)N(CC2CCC(C(=O)NCC)CC2)C1=O. The number of hydrogen-bond donors (Lipinski definition) is 3. The van der Waals surface area contributed by atoms with Gasteiger partial charge in [0.15, 0.2) is 0 Å². The first-order chi connectivity index (χ1) is 15.3. The molecular weight excluding hydrogens is 459 g/mol. The second-order valence-corrected chi connectivity index (χ2v) is 12.1. The maximum atomic E-state index is 12.7.